The van der Waals surface area contributed by atoms with Crippen molar-refractivity contribution in [2.24, 2.45) is 0 Å². The third kappa shape index (κ3) is 2.89. The molecule has 1 amide bonds. The number of rotatable bonds is 3. The average molecular weight is 402 g/mol. The lowest BCUT2D eigenvalue weighted by Crippen LogP contribution is -2.26. The second-order valence-electron chi connectivity index (χ2n) is 6.21. The van der Waals surface area contributed by atoms with Crippen molar-refractivity contribution in [3.63, 3.8) is 0 Å². The highest BCUT2D eigenvalue weighted by Crippen LogP contribution is 2.35. The number of nitrogens with zero attached hydrogens (tertiary/aromatic N) is 3. The molecule has 1 aliphatic rings. The van der Waals surface area contributed by atoms with Gasteiger partial charge in [0.1, 0.15) is 0 Å². The van der Waals surface area contributed by atoms with Crippen molar-refractivity contribution in [3.05, 3.63) is 52.0 Å². The Kier molecular flexibility index (Phi) is 3.95. The molecule has 3 aromatic rings. The Labute approximate surface area is 152 Å². The first-order valence-electron chi connectivity index (χ1n) is 7.99. The summed E-state index contributed by atoms with van der Waals surface area (Å²) in [6.07, 6.45) is 0.370. The Bertz CT molecular complexity index is 926. The van der Waals surface area contributed by atoms with Crippen LogP contribution in [0.5, 0.6) is 0 Å². The first kappa shape index (κ1) is 16.1. The van der Waals surface area contributed by atoms with Crippen molar-refractivity contribution < 1.29 is 13.7 Å². The number of para-hydroxylation sites is 1. The fourth-order valence-corrected chi connectivity index (χ4v) is 3.56. The zero-order valence-corrected chi connectivity index (χ0v) is 15.4. The van der Waals surface area contributed by atoms with Crippen LogP contribution in [0.1, 0.15) is 29.3 Å². The first-order valence-corrected chi connectivity index (χ1v) is 8.78. The van der Waals surface area contributed by atoms with Gasteiger partial charge in [-0.25, -0.2) is 0 Å². The number of benzene rings is 1. The maximum absolute atomic E-state index is 12.6. The zero-order chi connectivity index (χ0) is 17.6. The maximum atomic E-state index is 12.6. The molecule has 6 nitrogen and oxygen atoms in total. The number of anilines is 1. The third-order valence-electron chi connectivity index (χ3n) is 4.43. The molecule has 128 valence electrons. The molecule has 25 heavy (non-hydrogen) atoms. The Balaban J connectivity index is 1.60. The number of hydrogen-bond donors (Lipinski definition) is 0. The molecule has 1 fully saturated rings. The minimum Gasteiger partial charge on any atom is -0.444 e. The van der Waals surface area contributed by atoms with E-state index in [1.807, 2.05) is 36.9 Å². The molecule has 3 heterocycles. The predicted octanol–water partition coefficient (Wildman–Crippen LogP) is 4.23. The van der Waals surface area contributed by atoms with Crippen LogP contribution >= 0.6 is 15.9 Å². The molecular formula is C18H16BrN3O3. The van der Waals surface area contributed by atoms with E-state index in [9.17, 15) is 4.79 Å². The van der Waals surface area contributed by atoms with Gasteiger partial charge < -0.3 is 13.8 Å². The van der Waals surface area contributed by atoms with E-state index in [-0.39, 0.29) is 11.8 Å². The number of aryl methyl sites for hydroxylation is 2. The van der Waals surface area contributed by atoms with Gasteiger partial charge in [0.2, 0.25) is 5.91 Å². The number of furan rings is 1. The van der Waals surface area contributed by atoms with E-state index in [4.69, 9.17) is 8.94 Å². The highest BCUT2D eigenvalue weighted by atomic mass is 79.9. The number of carbonyl (C=O) groups excluding carboxylic acids is 1. The average Bonchev–Trinajstić information content (AvgIpc) is 3.27. The lowest BCUT2D eigenvalue weighted by Gasteiger charge is -2.21. The third-order valence-corrected chi connectivity index (χ3v) is 4.85. The fourth-order valence-electron chi connectivity index (χ4n) is 3.26. The summed E-state index contributed by atoms with van der Waals surface area (Å²) in [5.74, 6) is 1.33. The van der Waals surface area contributed by atoms with Gasteiger partial charge >= 0.3 is 0 Å². The molecule has 7 heteroatoms. The Hall–Kier alpha value is -2.41. The Morgan fingerprint density at radius 3 is 2.64 bits per heavy atom. The van der Waals surface area contributed by atoms with Crippen LogP contribution in [0, 0.1) is 13.8 Å². The van der Waals surface area contributed by atoms with E-state index >= 15 is 0 Å². The number of carbonyl (C=O) groups is 1. The first-order chi connectivity index (χ1) is 12.0. The molecule has 1 unspecified atom stereocenters. The van der Waals surface area contributed by atoms with Crippen LogP contribution < -0.4 is 4.90 Å². The smallest absolute Gasteiger partial charge is 0.293 e. The topological polar surface area (TPSA) is 72.4 Å². The second-order valence-corrected chi connectivity index (χ2v) is 6.99. The SMILES string of the molecule is Cc1cccc(C)c1N1CC(c2noc(-c3ccc(Br)o3)n2)CC1=O. The largest absolute Gasteiger partial charge is 0.444 e. The standard InChI is InChI=1S/C18H16BrN3O3/c1-10-4-3-5-11(2)16(10)22-9-12(8-15(22)23)17-20-18(25-21-17)13-6-7-14(19)24-13/h3-7,12H,8-9H2,1-2H3. The van der Waals surface area contributed by atoms with Gasteiger partial charge in [0.15, 0.2) is 16.3 Å². The highest BCUT2D eigenvalue weighted by Gasteiger charge is 2.35. The van der Waals surface area contributed by atoms with Crippen LogP contribution in [0.25, 0.3) is 11.7 Å². The van der Waals surface area contributed by atoms with E-state index in [1.165, 1.54) is 0 Å². The molecule has 1 saturated heterocycles. The summed E-state index contributed by atoms with van der Waals surface area (Å²) in [6, 6.07) is 9.55. The number of aromatic nitrogens is 2. The van der Waals surface area contributed by atoms with Crippen LogP contribution in [0.2, 0.25) is 0 Å². The summed E-state index contributed by atoms with van der Waals surface area (Å²) in [5, 5.41) is 4.05. The highest BCUT2D eigenvalue weighted by molar-refractivity contribution is 9.10. The number of halogens is 1. The monoisotopic (exact) mass is 401 g/mol. The van der Waals surface area contributed by atoms with Crippen LogP contribution in [-0.4, -0.2) is 22.6 Å². The lowest BCUT2D eigenvalue weighted by molar-refractivity contribution is -0.117. The predicted molar refractivity (Wildman–Crippen MR) is 95.3 cm³/mol. The van der Waals surface area contributed by atoms with Crippen LogP contribution in [0.3, 0.4) is 0 Å². The van der Waals surface area contributed by atoms with E-state index in [0.717, 1.165) is 16.8 Å². The summed E-state index contributed by atoms with van der Waals surface area (Å²) in [4.78, 5) is 18.8. The second kappa shape index (κ2) is 6.15. The Morgan fingerprint density at radius 1 is 1.20 bits per heavy atom. The quantitative estimate of drug-likeness (QED) is 0.656. The van der Waals surface area contributed by atoms with E-state index in [2.05, 4.69) is 26.1 Å². The maximum Gasteiger partial charge on any atom is 0.293 e. The summed E-state index contributed by atoms with van der Waals surface area (Å²) < 4.78 is 11.3. The van der Waals surface area contributed by atoms with E-state index < -0.39 is 0 Å². The van der Waals surface area contributed by atoms with Crippen molar-refractivity contribution in [3.8, 4) is 11.7 Å². The van der Waals surface area contributed by atoms with Gasteiger partial charge in [-0.1, -0.05) is 23.4 Å². The van der Waals surface area contributed by atoms with Gasteiger partial charge in [-0.15, -0.1) is 0 Å². The van der Waals surface area contributed by atoms with Gasteiger partial charge in [0.25, 0.3) is 5.89 Å². The minimum absolute atomic E-state index is 0.0782. The normalized spacial score (nSPS) is 17.5. The van der Waals surface area contributed by atoms with Crippen molar-refractivity contribution in [1.82, 2.24) is 10.1 Å². The van der Waals surface area contributed by atoms with Crippen LogP contribution in [-0.2, 0) is 4.79 Å². The Morgan fingerprint density at radius 2 is 1.96 bits per heavy atom. The van der Waals surface area contributed by atoms with Gasteiger partial charge in [-0.3, -0.25) is 4.79 Å². The summed E-state index contributed by atoms with van der Waals surface area (Å²) in [5.41, 5.74) is 3.15. The zero-order valence-electron chi connectivity index (χ0n) is 13.8. The lowest BCUT2D eigenvalue weighted by atomic mass is 10.1. The van der Waals surface area contributed by atoms with Crippen LogP contribution in [0.15, 0.2) is 43.9 Å². The number of amides is 1. The van der Waals surface area contributed by atoms with E-state index in [1.54, 1.807) is 12.1 Å². The number of hydrogen-bond acceptors (Lipinski definition) is 5. The van der Waals surface area contributed by atoms with Gasteiger partial charge in [-0.2, -0.15) is 4.98 Å². The van der Waals surface area contributed by atoms with E-state index in [0.29, 0.717) is 35.1 Å². The van der Waals surface area contributed by atoms with Gasteiger partial charge in [0.05, 0.1) is 0 Å². The molecule has 0 bridgehead atoms. The molecule has 0 N–H and O–H groups in total. The van der Waals surface area contributed by atoms with Gasteiger partial charge in [-0.05, 0) is 53.0 Å². The summed E-state index contributed by atoms with van der Waals surface area (Å²) in [6.45, 7) is 4.58. The molecule has 2 aromatic heterocycles. The van der Waals surface area contributed by atoms with Gasteiger partial charge in [0, 0.05) is 24.6 Å². The summed E-state index contributed by atoms with van der Waals surface area (Å²) >= 11 is 3.25. The molecule has 1 aliphatic heterocycles. The molecule has 0 radical (unpaired) electrons. The molecular weight excluding hydrogens is 386 g/mol. The molecule has 1 atom stereocenters. The van der Waals surface area contributed by atoms with Crippen molar-refractivity contribution in [2.45, 2.75) is 26.2 Å². The molecule has 0 spiro atoms. The van der Waals surface area contributed by atoms with Crippen molar-refractivity contribution >= 4 is 27.5 Å². The summed E-state index contributed by atoms with van der Waals surface area (Å²) in [7, 11) is 0. The molecule has 0 aliphatic carbocycles. The van der Waals surface area contributed by atoms with Crippen molar-refractivity contribution in [2.75, 3.05) is 11.4 Å². The van der Waals surface area contributed by atoms with Crippen molar-refractivity contribution in [1.29, 1.82) is 0 Å². The van der Waals surface area contributed by atoms with Crippen LogP contribution in [0.4, 0.5) is 5.69 Å². The molecule has 4 rings (SSSR count). The molecule has 1 aromatic carbocycles. The molecule has 0 saturated carbocycles. The minimum atomic E-state index is -0.0950. The fraction of sp³-hybridized carbons (Fsp3) is 0.278.